The molecule has 0 aliphatic carbocycles. The van der Waals surface area contributed by atoms with Gasteiger partial charge in [-0.1, -0.05) is 42.1 Å². The van der Waals surface area contributed by atoms with Crippen LogP contribution in [0.2, 0.25) is 0 Å². The summed E-state index contributed by atoms with van der Waals surface area (Å²) in [5.74, 6) is -0.728. The Balaban J connectivity index is 1.77. The number of nitrogens with zero attached hydrogens (tertiary/aromatic N) is 2. The van der Waals surface area contributed by atoms with E-state index >= 15 is 0 Å². The molecule has 0 saturated carbocycles. The van der Waals surface area contributed by atoms with Gasteiger partial charge < -0.3 is 5.32 Å². The molecule has 0 aliphatic rings. The predicted octanol–water partition coefficient (Wildman–Crippen LogP) is 3.89. The third-order valence-corrected chi connectivity index (χ3v) is 4.41. The molecule has 0 bridgehead atoms. The monoisotopic (exact) mass is 327 g/mol. The second-order valence-electron chi connectivity index (χ2n) is 4.93. The SMILES string of the molecule is C[C@@H](Sc1ncnc2ccccc12)C(=O)Nc1ccccc1F. The molecule has 0 spiro atoms. The molecule has 0 aliphatic heterocycles. The van der Waals surface area contributed by atoms with Crippen LogP contribution >= 0.6 is 11.8 Å². The van der Waals surface area contributed by atoms with Crippen molar-refractivity contribution in [1.29, 1.82) is 0 Å². The highest BCUT2D eigenvalue weighted by molar-refractivity contribution is 8.00. The summed E-state index contributed by atoms with van der Waals surface area (Å²) >= 11 is 1.32. The zero-order valence-corrected chi connectivity index (χ0v) is 13.2. The van der Waals surface area contributed by atoms with Gasteiger partial charge in [-0.25, -0.2) is 14.4 Å². The van der Waals surface area contributed by atoms with Gasteiger partial charge in [-0.3, -0.25) is 4.79 Å². The van der Waals surface area contributed by atoms with Crippen molar-refractivity contribution >= 4 is 34.3 Å². The number of anilines is 1. The summed E-state index contributed by atoms with van der Waals surface area (Å²) < 4.78 is 13.6. The smallest absolute Gasteiger partial charge is 0.237 e. The fourth-order valence-electron chi connectivity index (χ4n) is 2.09. The van der Waals surface area contributed by atoms with E-state index < -0.39 is 11.1 Å². The zero-order valence-electron chi connectivity index (χ0n) is 12.4. The topological polar surface area (TPSA) is 54.9 Å². The number of benzene rings is 2. The molecular formula is C17H14FN3OS. The van der Waals surface area contributed by atoms with Crippen LogP contribution in [-0.4, -0.2) is 21.1 Å². The van der Waals surface area contributed by atoms with Gasteiger partial charge in [0.1, 0.15) is 17.2 Å². The quantitative estimate of drug-likeness (QED) is 0.583. The molecule has 0 saturated heterocycles. The number of hydrogen-bond acceptors (Lipinski definition) is 4. The summed E-state index contributed by atoms with van der Waals surface area (Å²) in [6, 6.07) is 13.7. The van der Waals surface area contributed by atoms with Gasteiger partial charge >= 0.3 is 0 Å². The number of hydrogen-bond donors (Lipinski definition) is 1. The standard InChI is InChI=1S/C17H14FN3OS/c1-11(16(22)21-15-9-5-3-7-13(15)18)23-17-12-6-2-4-8-14(12)19-10-20-17/h2-11H,1H3,(H,21,22)/t11-/m1/s1. The zero-order chi connectivity index (χ0) is 16.2. The maximum absolute atomic E-state index is 13.6. The number of para-hydroxylation sites is 2. The Bertz CT molecular complexity index is 851. The van der Waals surface area contributed by atoms with E-state index in [1.54, 1.807) is 19.1 Å². The van der Waals surface area contributed by atoms with Gasteiger partial charge in [-0.05, 0) is 25.1 Å². The lowest BCUT2D eigenvalue weighted by molar-refractivity contribution is -0.115. The lowest BCUT2D eigenvalue weighted by atomic mass is 10.2. The molecule has 116 valence electrons. The molecule has 1 aromatic heterocycles. The van der Waals surface area contributed by atoms with Crippen molar-refractivity contribution in [3.8, 4) is 0 Å². The molecule has 4 nitrogen and oxygen atoms in total. The van der Waals surface area contributed by atoms with Crippen molar-refractivity contribution in [2.75, 3.05) is 5.32 Å². The van der Waals surface area contributed by atoms with Crippen LogP contribution in [0, 0.1) is 5.82 Å². The number of carbonyl (C=O) groups excluding carboxylic acids is 1. The summed E-state index contributed by atoms with van der Waals surface area (Å²) in [4.78, 5) is 20.7. The molecule has 23 heavy (non-hydrogen) atoms. The first kappa shape index (κ1) is 15.4. The fraction of sp³-hybridized carbons (Fsp3) is 0.118. The van der Waals surface area contributed by atoms with Crippen LogP contribution in [0.1, 0.15) is 6.92 Å². The highest BCUT2D eigenvalue weighted by Crippen LogP contribution is 2.28. The largest absolute Gasteiger partial charge is 0.323 e. The first-order valence-corrected chi connectivity index (χ1v) is 7.95. The summed E-state index contributed by atoms with van der Waals surface area (Å²) in [6.07, 6.45) is 1.48. The van der Waals surface area contributed by atoms with Gasteiger partial charge in [0.2, 0.25) is 5.91 Å². The normalized spacial score (nSPS) is 12.1. The summed E-state index contributed by atoms with van der Waals surface area (Å²) in [5, 5.41) is 3.80. The lowest BCUT2D eigenvalue weighted by Gasteiger charge is -2.13. The maximum Gasteiger partial charge on any atom is 0.237 e. The number of halogens is 1. The van der Waals surface area contributed by atoms with E-state index in [1.165, 1.54) is 30.2 Å². The minimum Gasteiger partial charge on any atom is -0.323 e. The predicted molar refractivity (Wildman–Crippen MR) is 89.9 cm³/mol. The van der Waals surface area contributed by atoms with E-state index in [1.807, 2.05) is 24.3 Å². The van der Waals surface area contributed by atoms with E-state index in [0.717, 1.165) is 15.9 Å². The molecular weight excluding hydrogens is 313 g/mol. The van der Waals surface area contributed by atoms with Crippen molar-refractivity contribution in [3.63, 3.8) is 0 Å². The Labute approximate surface area is 137 Å². The number of aromatic nitrogens is 2. The highest BCUT2D eigenvalue weighted by Gasteiger charge is 2.18. The number of carbonyl (C=O) groups is 1. The number of thioether (sulfide) groups is 1. The molecule has 1 N–H and O–H groups in total. The van der Waals surface area contributed by atoms with Crippen LogP contribution in [0.4, 0.5) is 10.1 Å². The van der Waals surface area contributed by atoms with E-state index in [-0.39, 0.29) is 11.6 Å². The number of nitrogens with one attached hydrogen (secondary N) is 1. The van der Waals surface area contributed by atoms with Gasteiger partial charge in [-0.15, -0.1) is 0 Å². The lowest BCUT2D eigenvalue weighted by Crippen LogP contribution is -2.23. The van der Waals surface area contributed by atoms with Crippen LogP contribution < -0.4 is 5.32 Å². The van der Waals surface area contributed by atoms with Gasteiger partial charge in [-0.2, -0.15) is 0 Å². The van der Waals surface area contributed by atoms with Crippen molar-refractivity contribution in [2.24, 2.45) is 0 Å². The maximum atomic E-state index is 13.6. The molecule has 6 heteroatoms. The average molecular weight is 327 g/mol. The Hall–Kier alpha value is -2.47. The molecule has 0 radical (unpaired) electrons. The minimum absolute atomic E-state index is 0.178. The van der Waals surface area contributed by atoms with Crippen LogP contribution in [0.5, 0.6) is 0 Å². The first-order chi connectivity index (χ1) is 11.1. The van der Waals surface area contributed by atoms with E-state index in [0.29, 0.717) is 0 Å². The van der Waals surface area contributed by atoms with Crippen LogP contribution in [0.25, 0.3) is 10.9 Å². The van der Waals surface area contributed by atoms with Crippen LogP contribution in [0.3, 0.4) is 0 Å². The molecule has 3 aromatic rings. The second kappa shape index (κ2) is 6.75. The highest BCUT2D eigenvalue weighted by atomic mass is 32.2. The molecule has 0 fully saturated rings. The Morgan fingerprint density at radius 3 is 2.70 bits per heavy atom. The summed E-state index contributed by atoms with van der Waals surface area (Å²) in [6.45, 7) is 1.76. The molecule has 1 heterocycles. The van der Waals surface area contributed by atoms with Crippen molar-refractivity contribution in [1.82, 2.24) is 9.97 Å². The molecule has 3 rings (SSSR count). The van der Waals surface area contributed by atoms with Crippen LogP contribution in [-0.2, 0) is 4.79 Å². The third-order valence-electron chi connectivity index (χ3n) is 3.30. The molecule has 1 amide bonds. The molecule has 0 unspecified atom stereocenters. The summed E-state index contributed by atoms with van der Waals surface area (Å²) in [5.41, 5.74) is 1.00. The Morgan fingerprint density at radius 1 is 1.13 bits per heavy atom. The van der Waals surface area contributed by atoms with E-state index in [4.69, 9.17) is 0 Å². The second-order valence-corrected chi connectivity index (χ2v) is 6.25. The summed E-state index contributed by atoms with van der Waals surface area (Å²) in [7, 11) is 0. The van der Waals surface area contributed by atoms with Gasteiger partial charge in [0.25, 0.3) is 0 Å². The van der Waals surface area contributed by atoms with Gasteiger partial charge in [0.05, 0.1) is 16.5 Å². The fourth-order valence-corrected chi connectivity index (χ4v) is 3.00. The first-order valence-electron chi connectivity index (χ1n) is 7.07. The molecule has 1 atom stereocenters. The average Bonchev–Trinajstić information content (AvgIpc) is 2.57. The molecule has 2 aromatic carbocycles. The van der Waals surface area contributed by atoms with Crippen molar-refractivity contribution in [3.05, 3.63) is 60.7 Å². The van der Waals surface area contributed by atoms with Gasteiger partial charge in [0.15, 0.2) is 0 Å². The van der Waals surface area contributed by atoms with Gasteiger partial charge in [0, 0.05) is 5.39 Å². The minimum atomic E-state index is -0.453. The Kier molecular flexibility index (Phi) is 4.52. The number of fused-ring (bicyclic) bond motifs is 1. The van der Waals surface area contributed by atoms with Crippen LogP contribution in [0.15, 0.2) is 59.9 Å². The Morgan fingerprint density at radius 2 is 1.87 bits per heavy atom. The third kappa shape index (κ3) is 3.48. The van der Waals surface area contributed by atoms with Crippen molar-refractivity contribution < 1.29 is 9.18 Å². The van der Waals surface area contributed by atoms with E-state index in [2.05, 4.69) is 15.3 Å². The number of rotatable bonds is 4. The van der Waals surface area contributed by atoms with Crippen molar-refractivity contribution in [2.45, 2.75) is 17.2 Å². The number of amides is 1. The van der Waals surface area contributed by atoms with E-state index in [9.17, 15) is 9.18 Å².